The lowest BCUT2D eigenvalue weighted by Crippen LogP contribution is -2.35. The molecule has 0 atom stereocenters. The molecule has 4 nitrogen and oxygen atoms in total. The summed E-state index contributed by atoms with van der Waals surface area (Å²) in [5.41, 5.74) is 1.89. The molecular formula is C16H24N2O2. The van der Waals surface area contributed by atoms with Crippen LogP contribution >= 0.6 is 0 Å². The average molecular weight is 276 g/mol. The van der Waals surface area contributed by atoms with Crippen molar-refractivity contribution in [2.45, 2.75) is 46.0 Å². The van der Waals surface area contributed by atoms with Gasteiger partial charge in [0.25, 0.3) is 0 Å². The smallest absolute Gasteiger partial charge is 0.313 e. The molecule has 0 bridgehead atoms. The molecular weight excluding hydrogens is 252 g/mol. The summed E-state index contributed by atoms with van der Waals surface area (Å²) in [6.45, 7) is 8.94. The van der Waals surface area contributed by atoms with Crippen molar-refractivity contribution >= 4 is 17.5 Å². The zero-order valence-corrected chi connectivity index (χ0v) is 12.7. The molecule has 1 rings (SSSR count). The molecule has 1 aromatic rings. The fraction of sp³-hybridized carbons (Fsp3) is 0.500. The van der Waals surface area contributed by atoms with Crippen LogP contribution in [0.25, 0.3) is 0 Å². The van der Waals surface area contributed by atoms with E-state index in [0.29, 0.717) is 12.2 Å². The van der Waals surface area contributed by atoms with E-state index in [-0.39, 0.29) is 5.41 Å². The Morgan fingerprint density at radius 3 is 2.15 bits per heavy atom. The van der Waals surface area contributed by atoms with Gasteiger partial charge in [-0.3, -0.25) is 9.59 Å². The van der Waals surface area contributed by atoms with Gasteiger partial charge in [0.1, 0.15) is 0 Å². The van der Waals surface area contributed by atoms with Crippen LogP contribution in [-0.4, -0.2) is 18.4 Å². The maximum absolute atomic E-state index is 11.7. The van der Waals surface area contributed by atoms with E-state index in [0.717, 1.165) is 12.8 Å². The lowest BCUT2D eigenvalue weighted by Gasteiger charge is -2.19. The third kappa shape index (κ3) is 5.03. The SMILES string of the molecule is CCCCNC(=O)C(=O)Nc1ccc(C(C)(C)C)cc1. The van der Waals surface area contributed by atoms with Crippen molar-refractivity contribution in [1.82, 2.24) is 5.32 Å². The van der Waals surface area contributed by atoms with Crippen LogP contribution in [0.2, 0.25) is 0 Å². The largest absolute Gasteiger partial charge is 0.348 e. The Labute approximate surface area is 121 Å². The number of rotatable bonds is 4. The molecule has 0 unspecified atom stereocenters. The van der Waals surface area contributed by atoms with Gasteiger partial charge in [-0.2, -0.15) is 0 Å². The van der Waals surface area contributed by atoms with Gasteiger partial charge in [0.15, 0.2) is 0 Å². The Bertz CT molecular complexity index is 458. The molecule has 0 aromatic heterocycles. The van der Waals surface area contributed by atoms with Gasteiger partial charge in [0.05, 0.1) is 0 Å². The number of carbonyl (C=O) groups is 2. The molecule has 4 heteroatoms. The van der Waals surface area contributed by atoms with Gasteiger partial charge in [-0.05, 0) is 29.5 Å². The summed E-state index contributed by atoms with van der Waals surface area (Å²) >= 11 is 0. The number of benzene rings is 1. The quantitative estimate of drug-likeness (QED) is 0.656. The molecule has 0 aliphatic rings. The van der Waals surface area contributed by atoms with Crippen LogP contribution in [0.15, 0.2) is 24.3 Å². The predicted molar refractivity (Wildman–Crippen MR) is 81.7 cm³/mol. The summed E-state index contributed by atoms with van der Waals surface area (Å²) in [6.07, 6.45) is 1.86. The van der Waals surface area contributed by atoms with Crippen molar-refractivity contribution in [3.8, 4) is 0 Å². The van der Waals surface area contributed by atoms with Crippen LogP contribution < -0.4 is 10.6 Å². The first-order valence-electron chi connectivity index (χ1n) is 7.04. The molecule has 0 aliphatic carbocycles. The molecule has 1 aromatic carbocycles. The van der Waals surface area contributed by atoms with Crippen molar-refractivity contribution < 1.29 is 9.59 Å². The van der Waals surface area contributed by atoms with Crippen molar-refractivity contribution in [3.05, 3.63) is 29.8 Å². The summed E-state index contributed by atoms with van der Waals surface area (Å²) in [5, 5.41) is 5.18. The Morgan fingerprint density at radius 1 is 1.05 bits per heavy atom. The van der Waals surface area contributed by atoms with Crippen molar-refractivity contribution in [2.75, 3.05) is 11.9 Å². The standard InChI is InChI=1S/C16H24N2O2/c1-5-6-11-17-14(19)15(20)18-13-9-7-12(8-10-13)16(2,3)4/h7-10H,5-6,11H2,1-4H3,(H,17,19)(H,18,20). The summed E-state index contributed by atoms with van der Waals surface area (Å²) in [7, 11) is 0. The third-order valence-electron chi connectivity index (χ3n) is 3.03. The molecule has 0 aliphatic heterocycles. The topological polar surface area (TPSA) is 58.2 Å². The highest BCUT2D eigenvalue weighted by molar-refractivity contribution is 6.39. The first kappa shape index (κ1) is 16.2. The van der Waals surface area contributed by atoms with Crippen molar-refractivity contribution in [2.24, 2.45) is 0 Å². The van der Waals surface area contributed by atoms with E-state index >= 15 is 0 Å². The van der Waals surface area contributed by atoms with Gasteiger partial charge >= 0.3 is 11.8 Å². The summed E-state index contributed by atoms with van der Waals surface area (Å²) in [6, 6.07) is 7.56. The Balaban J connectivity index is 2.56. The molecule has 0 heterocycles. The molecule has 20 heavy (non-hydrogen) atoms. The first-order valence-corrected chi connectivity index (χ1v) is 7.04. The summed E-state index contributed by atoms with van der Waals surface area (Å²) < 4.78 is 0. The fourth-order valence-corrected chi connectivity index (χ4v) is 1.70. The number of amides is 2. The second-order valence-electron chi connectivity index (χ2n) is 5.89. The molecule has 0 saturated heterocycles. The third-order valence-corrected chi connectivity index (χ3v) is 3.03. The zero-order valence-electron chi connectivity index (χ0n) is 12.7. The number of anilines is 1. The van der Waals surface area contributed by atoms with Crippen LogP contribution in [0.4, 0.5) is 5.69 Å². The van der Waals surface area contributed by atoms with E-state index < -0.39 is 11.8 Å². The van der Waals surface area contributed by atoms with Gasteiger partial charge in [-0.25, -0.2) is 0 Å². The number of carbonyl (C=O) groups excluding carboxylic acids is 2. The monoisotopic (exact) mass is 276 g/mol. The lowest BCUT2D eigenvalue weighted by atomic mass is 9.87. The minimum atomic E-state index is -0.621. The molecule has 2 N–H and O–H groups in total. The van der Waals surface area contributed by atoms with E-state index in [2.05, 4.69) is 31.4 Å². The van der Waals surface area contributed by atoms with E-state index in [4.69, 9.17) is 0 Å². The maximum atomic E-state index is 11.7. The molecule has 2 amide bonds. The molecule has 0 fully saturated rings. The van der Waals surface area contributed by atoms with Crippen LogP contribution in [0.3, 0.4) is 0 Å². The highest BCUT2D eigenvalue weighted by atomic mass is 16.2. The van der Waals surface area contributed by atoms with Crippen LogP contribution in [0.1, 0.15) is 46.1 Å². The second-order valence-corrected chi connectivity index (χ2v) is 5.89. The summed E-state index contributed by atoms with van der Waals surface area (Å²) in [5.74, 6) is -1.21. The van der Waals surface area contributed by atoms with Gasteiger partial charge < -0.3 is 10.6 Å². The van der Waals surface area contributed by atoms with E-state index in [1.54, 1.807) is 0 Å². The Morgan fingerprint density at radius 2 is 1.65 bits per heavy atom. The zero-order chi connectivity index (χ0) is 15.2. The van der Waals surface area contributed by atoms with Gasteiger partial charge in [-0.1, -0.05) is 46.2 Å². The van der Waals surface area contributed by atoms with Crippen LogP contribution in [0, 0.1) is 0 Å². The van der Waals surface area contributed by atoms with Gasteiger partial charge in [0, 0.05) is 12.2 Å². The first-order chi connectivity index (χ1) is 9.34. The second kappa shape index (κ2) is 7.08. The number of unbranched alkanes of at least 4 members (excludes halogenated alkanes) is 1. The van der Waals surface area contributed by atoms with Crippen LogP contribution in [0.5, 0.6) is 0 Å². The normalized spacial score (nSPS) is 11.0. The lowest BCUT2D eigenvalue weighted by molar-refractivity contribution is -0.136. The van der Waals surface area contributed by atoms with E-state index in [1.807, 2.05) is 31.2 Å². The van der Waals surface area contributed by atoms with Crippen molar-refractivity contribution in [1.29, 1.82) is 0 Å². The van der Waals surface area contributed by atoms with Crippen molar-refractivity contribution in [3.63, 3.8) is 0 Å². The molecule has 110 valence electrons. The minimum absolute atomic E-state index is 0.0695. The summed E-state index contributed by atoms with van der Waals surface area (Å²) in [4.78, 5) is 23.2. The Kier molecular flexibility index (Phi) is 5.74. The molecule has 0 saturated carbocycles. The maximum Gasteiger partial charge on any atom is 0.313 e. The van der Waals surface area contributed by atoms with Crippen LogP contribution in [-0.2, 0) is 15.0 Å². The minimum Gasteiger partial charge on any atom is -0.348 e. The number of hydrogen-bond donors (Lipinski definition) is 2. The number of hydrogen-bond acceptors (Lipinski definition) is 2. The van der Waals surface area contributed by atoms with E-state index in [1.165, 1.54) is 5.56 Å². The molecule has 0 spiro atoms. The van der Waals surface area contributed by atoms with Gasteiger partial charge in [-0.15, -0.1) is 0 Å². The Hall–Kier alpha value is -1.84. The van der Waals surface area contributed by atoms with E-state index in [9.17, 15) is 9.59 Å². The number of nitrogens with one attached hydrogen (secondary N) is 2. The molecule has 0 radical (unpaired) electrons. The fourth-order valence-electron chi connectivity index (χ4n) is 1.70. The average Bonchev–Trinajstić information content (AvgIpc) is 2.38. The highest BCUT2D eigenvalue weighted by Gasteiger charge is 2.15. The highest BCUT2D eigenvalue weighted by Crippen LogP contribution is 2.23. The predicted octanol–water partition coefficient (Wildman–Crippen LogP) is 2.84. The van der Waals surface area contributed by atoms with Gasteiger partial charge in [0.2, 0.25) is 0 Å².